The van der Waals surface area contributed by atoms with E-state index in [1.54, 1.807) is 6.07 Å². The van der Waals surface area contributed by atoms with Gasteiger partial charge in [-0.25, -0.2) is 0 Å². The Morgan fingerprint density at radius 1 is 0.881 bits per heavy atom. The highest BCUT2D eigenvalue weighted by molar-refractivity contribution is 9.10. The second-order valence-electron chi connectivity index (χ2n) is 11.6. The number of carbonyl (C=O) groups excluding carboxylic acids is 2. The molecule has 1 amide bonds. The predicted molar refractivity (Wildman–Crippen MR) is 174 cm³/mol. The normalized spacial score (nSPS) is 28.5. The van der Waals surface area contributed by atoms with Gasteiger partial charge in [0.25, 0.3) is 5.91 Å². The number of hydrogen-bond donors (Lipinski definition) is 1. The van der Waals surface area contributed by atoms with Crippen molar-refractivity contribution in [2.75, 3.05) is 11.9 Å². The highest BCUT2D eigenvalue weighted by Gasteiger charge is 2.80. The number of amides is 1. The van der Waals surface area contributed by atoms with Crippen LogP contribution in [0.3, 0.4) is 0 Å². The zero-order valence-electron chi connectivity index (χ0n) is 22.4. The predicted octanol–water partition coefficient (Wildman–Crippen LogP) is 8.34. The van der Waals surface area contributed by atoms with Gasteiger partial charge >= 0.3 is 0 Å². The average molecular weight is 701 g/mol. The summed E-state index contributed by atoms with van der Waals surface area (Å²) in [5, 5.41) is 3.75. The van der Waals surface area contributed by atoms with Crippen LogP contribution in [0, 0.1) is 0 Å². The van der Waals surface area contributed by atoms with Crippen molar-refractivity contribution in [3.8, 4) is 0 Å². The third-order valence-electron chi connectivity index (χ3n) is 9.76. The standard InChI is InChI=1S/C35H25Br2ClN2O2/c36-22-11-7-20(8-12-22)18-26-25-4-1-2-5-27(25)34(32(26)41)31(21-9-13-23(37)14-10-21)30-6-3-17-40(30)35(34)28-19-24(38)15-16-29(28)39-33(35)42/h1-2,4-5,7-16,18-19,30-31H,3,6,17H2,(H,39,42)/b26-18+/t30?,31-,34-,35+/m0/s1. The smallest absolute Gasteiger partial charge is 0.251 e. The minimum absolute atomic E-state index is 0.00843. The number of anilines is 1. The maximum absolute atomic E-state index is 15.6. The monoisotopic (exact) mass is 698 g/mol. The highest BCUT2D eigenvalue weighted by atomic mass is 79.9. The Morgan fingerprint density at radius 3 is 2.36 bits per heavy atom. The van der Waals surface area contributed by atoms with Crippen molar-refractivity contribution in [2.24, 2.45) is 0 Å². The van der Waals surface area contributed by atoms with Crippen LogP contribution in [0.2, 0.25) is 5.02 Å². The Bertz CT molecular complexity index is 1840. The summed E-state index contributed by atoms with van der Waals surface area (Å²) in [6.07, 6.45) is 3.84. The third-order valence-corrected chi connectivity index (χ3v) is 11.0. The van der Waals surface area contributed by atoms with Gasteiger partial charge in [-0.05, 0) is 90.2 Å². The first-order chi connectivity index (χ1) is 20.4. The van der Waals surface area contributed by atoms with E-state index in [0.717, 1.165) is 61.8 Å². The largest absolute Gasteiger partial charge is 0.324 e. The van der Waals surface area contributed by atoms with Crippen LogP contribution in [0.15, 0.2) is 99.9 Å². The Kier molecular flexibility index (Phi) is 6.00. The molecule has 4 aromatic rings. The van der Waals surface area contributed by atoms with Gasteiger partial charge in [-0.1, -0.05) is 92.0 Å². The van der Waals surface area contributed by atoms with Crippen LogP contribution in [-0.4, -0.2) is 29.2 Å². The highest BCUT2D eigenvalue weighted by Crippen LogP contribution is 2.71. The van der Waals surface area contributed by atoms with E-state index in [-0.39, 0.29) is 23.7 Å². The number of allylic oxidation sites excluding steroid dienone is 1. The first-order valence-corrected chi connectivity index (χ1v) is 16.1. The van der Waals surface area contributed by atoms with Crippen LogP contribution >= 0.6 is 43.5 Å². The molecule has 4 aliphatic rings. The lowest BCUT2D eigenvalue weighted by Gasteiger charge is -2.45. The van der Waals surface area contributed by atoms with E-state index in [9.17, 15) is 4.79 Å². The Morgan fingerprint density at radius 2 is 1.60 bits per heavy atom. The molecule has 4 atom stereocenters. The zero-order valence-corrected chi connectivity index (χ0v) is 26.3. The molecular weight excluding hydrogens is 676 g/mol. The number of halogens is 3. The molecule has 1 aliphatic carbocycles. The van der Waals surface area contributed by atoms with Crippen molar-refractivity contribution in [1.82, 2.24) is 4.90 Å². The number of Topliss-reactive ketones (excluding diaryl/α,β-unsaturated/α-hetero) is 1. The number of ketones is 1. The molecule has 2 spiro atoms. The molecule has 0 saturated carbocycles. The van der Waals surface area contributed by atoms with Gasteiger partial charge in [0.2, 0.25) is 0 Å². The summed E-state index contributed by atoms with van der Waals surface area (Å²) in [4.78, 5) is 32.7. The number of fused-ring (bicyclic) bond motifs is 7. The van der Waals surface area contributed by atoms with Crippen LogP contribution in [0.1, 0.15) is 46.6 Å². The molecule has 8 rings (SSSR count). The van der Waals surface area contributed by atoms with Crippen LogP contribution in [0.4, 0.5) is 5.69 Å². The van der Waals surface area contributed by atoms with Crippen molar-refractivity contribution in [2.45, 2.75) is 35.8 Å². The number of benzene rings is 4. The van der Waals surface area contributed by atoms with Gasteiger partial charge in [-0.3, -0.25) is 14.5 Å². The topological polar surface area (TPSA) is 49.4 Å². The van der Waals surface area contributed by atoms with E-state index in [4.69, 9.17) is 11.6 Å². The Labute approximate surface area is 266 Å². The van der Waals surface area contributed by atoms with Crippen molar-refractivity contribution in [1.29, 1.82) is 0 Å². The molecule has 42 heavy (non-hydrogen) atoms. The fourth-order valence-corrected chi connectivity index (χ4v) is 9.13. The first-order valence-electron chi connectivity index (χ1n) is 14.1. The average Bonchev–Trinajstić information content (AvgIpc) is 3.70. The number of carbonyl (C=O) groups is 2. The van der Waals surface area contributed by atoms with Gasteiger partial charge in [0.15, 0.2) is 5.78 Å². The van der Waals surface area contributed by atoms with E-state index < -0.39 is 11.0 Å². The van der Waals surface area contributed by atoms with E-state index in [1.807, 2.05) is 72.8 Å². The quantitative estimate of drug-likeness (QED) is 0.214. The summed E-state index contributed by atoms with van der Waals surface area (Å²) in [5.41, 5.74) is 3.47. The summed E-state index contributed by atoms with van der Waals surface area (Å²) in [6.45, 7) is 0.722. The van der Waals surface area contributed by atoms with Crippen molar-refractivity contribution in [3.05, 3.63) is 133 Å². The number of nitrogens with zero attached hydrogens (tertiary/aromatic N) is 1. The minimum atomic E-state index is -1.26. The fraction of sp³-hybridized carbons (Fsp3) is 0.200. The Hall–Kier alpha value is -3.03. The third kappa shape index (κ3) is 3.32. The van der Waals surface area contributed by atoms with Gasteiger partial charge in [0.05, 0.1) is 5.41 Å². The Balaban J connectivity index is 1.50. The molecule has 1 unspecified atom stereocenters. The molecule has 2 saturated heterocycles. The first kappa shape index (κ1) is 26.6. The molecule has 4 aromatic carbocycles. The molecule has 0 aromatic heterocycles. The van der Waals surface area contributed by atoms with E-state index in [0.29, 0.717) is 10.6 Å². The van der Waals surface area contributed by atoms with E-state index >= 15 is 4.79 Å². The fourth-order valence-electron chi connectivity index (χ4n) is 8.43. The van der Waals surface area contributed by atoms with Gasteiger partial charge in [0, 0.05) is 42.8 Å². The summed E-state index contributed by atoms with van der Waals surface area (Å²) in [6, 6.07) is 29.9. The molecule has 3 heterocycles. The molecule has 2 fully saturated rings. The molecule has 208 valence electrons. The zero-order chi connectivity index (χ0) is 28.8. The molecule has 3 aliphatic heterocycles. The van der Waals surface area contributed by atoms with Gasteiger partial charge in [-0.2, -0.15) is 0 Å². The summed E-state index contributed by atoms with van der Waals surface area (Å²) in [7, 11) is 0. The number of rotatable bonds is 2. The molecule has 7 heteroatoms. The number of nitrogens with one attached hydrogen (secondary N) is 1. The molecule has 0 bridgehead atoms. The van der Waals surface area contributed by atoms with E-state index in [2.05, 4.69) is 60.3 Å². The van der Waals surface area contributed by atoms with E-state index in [1.165, 1.54) is 0 Å². The van der Waals surface area contributed by atoms with Crippen LogP contribution in [0.5, 0.6) is 0 Å². The lowest BCUT2D eigenvalue weighted by Crippen LogP contribution is -2.60. The SMILES string of the molecule is O=C1/C(=C/c2ccc(Br)cc2)c2ccccc2[C@]12[C@@H](c1ccc(Br)cc1)C1CCCN1[C@]21C(=O)Nc2ccc(Cl)cc21. The van der Waals surface area contributed by atoms with Gasteiger partial charge in [0.1, 0.15) is 5.54 Å². The van der Waals surface area contributed by atoms with Crippen LogP contribution in [0.25, 0.3) is 11.6 Å². The summed E-state index contributed by atoms with van der Waals surface area (Å²) < 4.78 is 1.95. The second-order valence-corrected chi connectivity index (χ2v) is 13.8. The van der Waals surface area contributed by atoms with Crippen molar-refractivity contribution < 1.29 is 9.59 Å². The van der Waals surface area contributed by atoms with Crippen molar-refractivity contribution >= 4 is 72.5 Å². The lowest BCUT2D eigenvalue weighted by atomic mass is 9.56. The molecule has 4 nitrogen and oxygen atoms in total. The molecule has 1 N–H and O–H groups in total. The maximum Gasteiger partial charge on any atom is 0.251 e. The minimum Gasteiger partial charge on any atom is -0.324 e. The number of hydrogen-bond acceptors (Lipinski definition) is 3. The van der Waals surface area contributed by atoms with Crippen LogP contribution in [-0.2, 0) is 20.5 Å². The van der Waals surface area contributed by atoms with Crippen LogP contribution < -0.4 is 5.32 Å². The lowest BCUT2D eigenvalue weighted by molar-refractivity contribution is -0.136. The summed E-state index contributed by atoms with van der Waals surface area (Å²) in [5.74, 6) is -0.426. The molecule has 0 radical (unpaired) electrons. The maximum atomic E-state index is 15.6. The van der Waals surface area contributed by atoms with Gasteiger partial charge < -0.3 is 5.32 Å². The summed E-state index contributed by atoms with van der Waals surface area (Å²) >= 11 is 13.8. The van der Waals surface area contributed by atoms with Crippen molar-refractivity contribution in [3.63, 3.8) is 0 Å². The van der Waals surface area contributed by atoms with Gasteiger partial charge in [-0.15, -0.1) is 0 Å². The molecular formula is C35H25Br2ClN2O2. The second kappa shape index (κ2) is 9.48.